The van der Waals surface area contributed by atoms with Crippen molar-refractivity contribution >= 4 is 0 Å². The molecular formula is C10H14N4. The van der Waals surface area contributed by atoms with Gasteiger partial charge in [0.1, 0.15) is 6.04 Å². The monoisotopic (exact) mass is 190 g/mol. The first-order valence-electron chi connectivity index (χ1n) is 5.01. The van der Waals surface area contributed by atoms with Crippen LogP contribution in [0.5, 0.6) is 0 Å². The fraction of sp³-hybridized carbons (Fsp3) is 0.600. The van der Waals surface area contributed by atoms with Gasteiger partial charge in [-0.1, -0.05) is 0 Å². The third-order valence-corrected chi connectivity index (χ3v) is 2.49. The van der Waals surface area contributed by atoms with Crippen LogP contribution in [-0.2, 0) is 6.54 Å². The maximum Gasteiger partial charge on any atom is 0.138 e. The van der Waals surface area contributed by atoms with E-state index >= 15 is 0 Å². The molecule has 1 aromatic heterocycles. The number of nitrogens with zero attached hydrogens (tertiary/aromatic N) is 3. The Kier molecular flexibility index (Phi) is 2.51. The Bertz CT molecular complexity index is 345. The van der Waals surface area contributed by atoms with Crippen molar-refractivity contribution in [1.82, 2.24) is 14.9 Å². The molecule has 1 aromatic rings. The van der Waals surface area contributed by atoms with Crippen molar-refractivity contribution in [3.05, 3.63) is 18.2 Å². The molecule has 0 aliphatic heterocycles. The van der Waals surface area contributed by atoms with Crippen molar-refractivity contribution in [3.8, 4) is 6.07 Å². The minimum absolute atomic E-state index is 0.204. The third-order valence-electron chi connectivity index (χ3n) is 2.49. The van der Waals surface area contributed by atoms with E-state index in [2.05, 4.69) is 23.3 Å². The second kappa shape index (κ2) is 3.81. The molecule has 0 bridgehead atoms. The highest BCUT2D eigenvalue weighted by Gasteiger charge is 2.26. The Hall–Kier alpha value is -1.34. The molecular weight excluding hydrogens is 176 g/mol. The van der Waals surface area contributed by atoms with Crippen molar-refractivity contribution in [1.29, 1.82) is 5.26 Å². The van der Waals surface area contributed by atoms with Crippen LogP contribution in [0.3, 0.4) is 0 Å². The average molecular weight is 190 g/mol. The highest BCUT2D eigenvalue weighted by molar-refractivity contribution is 5.15. The standard InChI is InChI=1S/C10H14N4/c1-2-14-7-12-6-10(14)9(5-11)13-8-3-4-8/h6-9,13H,2-4H2,1H3. The molecule has 1 heterocycles. The Morgan fingerprint density at radius 3 is 3.14 bits per heavy atom. The quantitative estimate of drug-likeness (QED) is 0.776. The smallest absolute Gasteiger partial charge is 0.138 e. The summed E-state index contributed by atoms with van der Waals surface area (Å²) in [6.45, 7) is 2.91. The lowest BCUT2D eigenvalue weighted by Crippen LogP contribution is -2.24. The summed E-state index contributed by atoms with van der Waals surface area (Å²) in [6, 6.07) is 2.62. The molecule has 1 aliphatic carbocycles. The van der Waals surface area contributed by atoms with Crippen LogP contribution in [0.4, 0.5) is 0 Å². The van der Waals surface area contributed by atoms with E-state index in [4.69, 9.17) is 5.26 Å². The first-order chi connectivity index (χ1) is 6.85. The molecule has 1 aliphatic rings. The van der Waals surface area contributed by atoms with Crippen LogP contribution >= 0.6 is 0 Å². The SMILES string of the molecule is CCn1cncc1C(C#N)NC1CC1. The summed E-state index contributed by atoms with van der Waals surface area (Å²) in [5, 5.41) is 12.3. The predicted molar refractivity (Wildman–Crippen MR) is 52.4 cm³/mol. The molecule has 0 spiro atoms. The highest BCUT2D eigenvalue weighted by Crippen LogP contribution is 2.23. The van der Waals surface area contributed by atoms with Gasteiger partial charge >= 0.3 is 0 Å². The van der Waals surface area contributed by atoms with Gasteiger partial charge in [-0.25, -0.2) is 4.98 Å². The molecule has 0 saturated heterocycles. The van der Waals surface area contributed by atoms with Gasteiger partial charge in [-0.05, 0) is 19.8 Å². The van der Waals surface area contributed by atoms with Gasteiger partial charge in [-0.2, -0.15) is 5.26 Å². The van der Waals surface area contributed by atoms with Crippen LogP contribution in [0.2, 0.25) is 0 Å². The van der Waals surface area contributed by atoms with Crippen molar-refractivity contribution in [3.63, 3.8) is 0 Å². The molecule has 4 nitrogen and oxygen atoms in total. The maximum absolute atomic E-state index is 9.04. The zero-order valence-electron chi connectivity index (χ0n) is 8.27. The molecule has 0 aromatic carbocycles. The summed E-state index contributed by atoms with van der Waals surface area (Å²) in [4.78, 5) is 4.06. The van der Waals surface area contributed by atoms with Crippen molar-refractivity contribution < 1.29 is 0 Å². The number of hydrogen-bond acceptors (Lipinski definition) is 3. The van der Waals surface area contributed by atoms with Crippen LogP contribution < -0.4 is 5.32 Å². The lowest BCUT2D eigenvalue weighted by atomic mass is 10.2. The molecule has 1 saturated carbocycles. The summed E-state index contributed by atoms with van der Waals surface area (Å²) in [7, 11) is 0. The third kappa shape index (κ3) is 1.78. The van der Waals surface area contributed by atoms with Crippen LogP contribution in [0.25, 0.3) is 0 Å². The number of rotatable bonds is 4. The Balaban J connectivity index is 2.13. The minimum Gasteiger partial charge on any atom is -0.333 e. The summed E-state index contributed by atoms with van der Waals surface area (Å²) in [5.74, 6) is 0. The Morgan fingerprint density at radius 2 is 2.57 bits per heavy atom. The van der Waals surface area contributed by atoms with Gasteiger partial charge in [0.25, 0.3) is 0 Å². The number of nitrogens with one attached hydrogen (secondary N) is 1. The minimum atomic E-state index is -0.204. The van der Waals surface area contributed by atoms with Crippen molar-refractivity contribution in [2.24, 2.45) is 0 Å². The Morgan fingerprint density at radius 1 is 1.79 bits per heavy atom. The van der Waals surface area contributed by atoms with E-state index in [0.717, 1.165) is 12.2 Å². The van der Waals surface area contributed by atoms with E-state index in [0.29, 0.717) is 6.04 Å². The van der Waals surface area contributed by atoms with Crippen molar-refractivity contribution in [2.45, 2.75) is 38.4 Å². The second-order valence-corrected chi connectivity index (χ2v) is 3.61. The summed E-state index contributed by atoms with van der Waals surface area (Å²) >= 11 is 0. The predicted octanol–water partition coefficient (Wildman–Crippen LogP) is 1.22. The van der Waals surface area contributed by atoms with Gasteiger partial charge < -0.3 is 4.57 Å². The first kappa shape index (κ1) is 9.22. The van der Waals surface area contributed by atoms with Gasteiger partial charge in [-0.15, -0.1) is 0 Å². The maximum atomic E-state index is 9.04. The normalized spacial score (nSPS) is 17.7. The van der Waals surface area contributed by atoms with Gasteiger partial charge in [0.15, 0.2) is 0 Å². The fourth-order valence-corrected chi connectivity index (χ4v) is 1.51. The first-order valence-corrected chi connectivity index (χ1v) is 5.01. The van der Waals surface area contributed by atoms with Crippen LogP contribution in [0.15, 0.2) is 12.5 Å². The van der Waals surface area contributed by atoms with E-state index in [1.165, 1.54) is 12.8 Å². The van der Waals surface area contributed by atoms with Gasteiger partial charge in [0, 0.05) is 12.6 Å². The van der Waals surface area contributed by atoms with E-state index in [9.17, 15) is 0 Å². The van der Waals surface area contributed by atoms with Gasteiger partial charge in [0.2, 0.25) is 0 Å². The zero-order chi connectivity index (χ0) is 9.97. The lowest BCUT2D eigenvalue weighted by molar-refractivity contribution is 0.576. The summed E-state index contributed by atoms with van der Waals surface area (Å²) in [6.07, 6.45) is 5.93. The molecule has 0 radical (unpaired) electrons. The van der Waals surface area contributed by atoms with E-state index < -0.39 is 0 Å². The molecule has 0 amide bonds. The van der Waals surface area contributed by atoms with Crippen molar-refractivity contribution in [2.75, 3.05) is 0 Å². The number of aryl methyl sites for hydroxylation is 1. The molecule has 1 fully saturated rings. The van der Waals surface area contributed by atoms with Crippen LogP contribution in [-0.4, -0.2) is 15.6 Å². The molecule has 1 N–H and O–H groups in total. The number of imidazole rings is 1. The number of nitriles is 1. The van der Waals surface area contributed by atoms with E-state index in [1.807, 2.05) is 4.57 Å². The second-order valence-electron chi connectivity index (χ2n) is 3.61. The van der Waals surface area contributed by atoms with Crippen LogP contribution in [0, 0.1) is 11.3 Å². The zero-order valence-corrected chi connectivity index (χ0v) is 8.27. The Labute approximate surface area is 83.6 Å². The molecule has 4 heteroatoms. The fourth-order valence-electron chi connectivity index (χ4n) is 1.51. The van der Waals surface area contributed by atoms with Crippen LogP contribution in [0.1, 0.15) is 31.5 Å². The summed E-state index contributed by atoms with van der Waals surface area (Å²) in [5.41, 5.74) is 0.974. The largest absolute Gasteiger partial charge is 0.333 e. The molecule has 1 unspecified atom stereocenters. The lowest BCUT2D eigenvalue weighted by Gasteiger charge is -2.12. The highest BCUT2D eigenvalue weighted by atomic mass is 15.1. The van der Waals surface area contributed by atoms with Gasteiger partial charge in [0.05, 0.1) is 24.3 Å². The summed E-state index contributed by atoms with van der Waals surface area (Å²) < 4.78 is 2.00. The average Bonchev–Trinajstić information content (AvgIpc) is 2.90. The number of aromatic nitrogens is 2. The molecule has 14 heavy (non-hydrogen) atoms. The molecule has 74 valence electrons. The van der Waals surface area contributed by atoms with E-state index in [1.54, 1.807) is 12.5 Å². The van der Waals surface area contributed by atoms with E-state index in [-0.39, 0.29) is 6.04 Å². The number of hydrogen-bond donors (Lipinski definition) is 1. The van der Waals surface area contributed by atoms with Gasteiger partial charge in [-0.3, -0.25) is 5.32 Å². The topological polar surface area (TPSA) is 53.6 Å². The molecule has 1 atom stereocenters. The molecule has 2 rings (SSSR count).